The van der Waals surface area contributed by atoms with Gasteiger partial charge in [-0.2, -0.15) is 0 Å². The molecule has 0 spiro atoms. The predicted octanol–water partition coefficient (Wildman–Crippen LogP) is 23.1. The van der Waals surface area contributed by atoms with Crippen molar-refractivity contribution in [3.63, 3.8) is 0 Å². The Kier molecular flexibility index (Phi) is 13.6. The maximum Gasteiger partial charge on any atom is 0.179 e. The molecule has 20 rings (SSSR count). The van der Waals surface area contributed by atoms with Crippen LogP contribution in [0.1, 0.15) is 49.9 Å². The molecule has 2 heterocycles. The van der Waals surface area contributed by atoms with E-state index in [2.05, 4.69) is 411 Å². The van der Waals surface area contributed by atoms with Gasteiger partial charge in [-0.1, -0.05) is 270 Å². The Hall–Kier alpha value is -12.5. The zero-order chi connectivity index (χ0) is 68.7. The molecule has 0 atom stereocenters. The third kappa shape index (κ3) is 9.29. The first kappa shape index (κ1) is 60.4. The van der Waals surface area contributed by atoms with Crippen LogP contribution in [-0.4, -0.2) is 17.2 Å². The van der Waals surface area contributed by atoms with Gasteiger partial charge in [-0.05, 0) is 208 Å². The molecule has 2 aromatic heterocycles. The molecular weight excluding hydrogens is 1260 g/mol. The van der Waals surface area contributed by atoms with Gasteiger partial charge in [0.05, 0.1) is 22.1 Å². The predicted molar refractivity (Wildman–Crippen MR) is 438 cm³/mol. The number of hydrogen-bond donors (Lipinski definition) is 0. The van der Waals surface area contributed by atoms with E-state index < -0.39 is 8.07 Å². The summed E-state index contributed by atoms with van der Waals surface area (Å²) in [5.74, 6) is 0. The van der Waals surface area contributed by atoms with Crippen molar-refractivity contribution in [2.24, 2.45) is 0 Å². The fourth-order valence-electron chi connectivity index (χ4n) is 18.0. The molecule has 4 nitrogen and oxygen atoms in total. The minimum Gasteiger partial charge on any atom is -0.310 e. The summed E-state index contributed by atoms with van der Waals surface area (Å²) in [5.41, 5.74) is 23.5. The Morgan fingerprint density at radius 2 is 0.524 bits per heavy atom. The molecule has 0 bridgehead atoms. The average Bonchev–Trinajstić information content (AvgIpc) is 1.62. The van der Waals surface area contributed by atoms with Gasteiger partial charge in [0.25, 0.3) is 0 Å². The second-order valence-electron chi connectivity index (χ2n) is 29.2. The highest BCUT2D eigenvalue weighted by atomic mass is 28.3. The monoisotopic (exact) mass is 1330 g/mol. The lowest BCUT2D eigenvalue weighted by Crippen LogP contribution is -2.75. The van der Waals surface area contributed by atoms with Crippen molar-refractivity contribution in [1.29, 1.82) is 0 Å². The molecule has 18 aromatic rings. The molecule has 2 aliphatic carbocycles. The highest BCUT2D eigenvalue weighted by molar-refractivity contribution is 7.20. The lowest BCUT2D eigenvalue weighted by atomic mass is 9.82. The second kappa shape index (κ2) is 23.3. The standard InChI is InChI=1S/C98H72N4Si/c1-97(2)89-61-75(99(71-43-41-65-25-17-19-27-67(65)57-71)73-47-55-95-87(59-73)85-37-21-23-39-93(85)101(95)69-29-9-5-10-30-69)45-51-81(89)83-53-49-79(63-91(83)97)103(77-33-13-7-14-34-77,78-35-15-8-16-36-78)80-50-54-84-82-52-46-76(62-90(82)98(3,4)92(84)64-80)100(72-44-42-66-26-18-20-28-68(66)58-72)74-48-56-96-88(60-74)86-38-22-24-40-94(86)102(96)70-31-11-6-12-32-70/h5-64H,1-4H3. The first-order chi connectivity index (χ1) is 50.6. The van der Waals surface area contributed by atoms with E-state index in [1.54, 1.807) is 0 Å². The first-order valence-corrected chi connectivity index (χ1v) is 38.0. The number of anilines is 6. The van der Waals surface area contributed by atoms with E-state index in [1.807, 2.05) is 0 Å². The third-order valence-electron chi connectivity index (χ3n) is 23.0. The molecule has 0 N–H and O–H groups in total. The summed E-state index contributed by atoms with van der Waals surface area (Å²) in [4.78, 5) is 4.96. The lowest BCUT2D eigenvalue weighted by molar-refractivity contribution is 0.661. The summed E-state index contributed by atoms with van der Waals surface area (Å²) in [6.45, 7) is 9.82. The van der Waals surface area contributed by atoms with Gasteiger partial charge in [-0.25, -0.2) is 0 Å². The normalized spacial score (nSPS) is 13.4. The molecule has 0 unspecified atom stereocenters. The zero-order valence-electron chi connectivity index (χ0n) is 57.9. The Balaban J connectivity index is 0.713. The minimum absolute atomic E-state index is 0.362. The summed E-state index contributed by atoms with van der Waals surface area (Å²) >= 11 is 0. The molecule has 103 heavy (non-hydrogen) atoms. The Morgan fingerprint density at radius 3 is 0.942 bits per heavy atom. The Bertz CT molecular complexity index is 6050. The van der Waals surface area contributed by atoms with Crippen molar-refractivity contribution in [3.8, 4) is 33.6 Å². The number of aromatic nitrogens is 2. The van der Waals surface area contributed by atoms with E-state index >= 15 is 0 Å². The molecule has 0 saturated carbocycles. The fourth-order valence-corrected chi connectivity index (χ4v) is 22.8. The molecule has 0 fully saturated rings. The van der Waals surface area contributed by atoms with E-state index in [9.17, 15) is 0 Å². The summed E-state index contributed by atoms with van der Waals surface area (Å²) in [5, 5.41) is 15.2. The number of para-hydroxylation sites is 4. The molecule has 0 radical (unpaired) electrons. The molecule has 16 aromatic carbocycles. The van der Waals surface area contributed by atoms with Crippen molar-refractivity contribution in [3.05, 3.63) is 386 Å². The van der Waals surface area contributed by atoms with E-state index in [1.165, 1.54) is 130 Å². The van der Waals surface area contributed by atoms with Crippen LogP contribution in [0.3, 0.4) is 0 Å². The largest absolute Gasteiger partial charge is 0.310 e. The number of rotatable bonds is 12. The number of hydrogen-bond acceptors (Lipinski definition) is 2. The van der Waals surface area contributed by atoms with Gasteiger partial charge in [-0.3, -0.25) is 0 Å². The molecule has 0 aliphatic heterocycles. The van der Waals surface area contributed by atoms with E-state index in [4.69, 9.17) is 0 Å². The van der Waals surface area contributed by atoms with E-state index in [0.717, 1.165) is 45.5 Å². The van der Waals surface area contributed by atoms with Gasteiger partial charge in [-0.15, -0.1) is 0 Å². The lowest BCUT2D eigenvalue weighted by Gasteiger charge is -2.36. The molecule has 5 heteroatoms. The Labute approximate surface area is 601 Å². The van der Waals surface area contributed by atoms with Gasteiger partial charge < -0.3 is 18.9 Å². The van der Waals surface area contributed by atoms with Crippen molar-refractivity contribution >= 4 is 128 Å². The topological polar surface area (TPSA) is 16.3 Å². The van der Waals surface area contributed by atoms with Crippen LogP contribution in [0.4, 0.5) is 34.1 Å². The molecule has 488 valence electrons. The van der Waals surface area contributed by atoms with Crippen molar-refractivity contribution in [2.75, 3.05) is 9.80 Å². The second-order valence-corrected chi connectivity index (χ2v) is 33.0. The highest BCUT2D eigenvalue weighted by Gasteiger charge is 2.46. The van der Waals surface area contributed by atoms with Crippen LogP contribution in [-0.2, 0) is 10.8 Å². The van der Waals surface area contributed by atoms with Crippen LogP contribution in [0.2, 0.25) is 0 Å². The highest BCUT2D eigenvalue weighted by Crippen LogP contribution is 2.54. The first-order valence-electron chi connectivity index (χ1n) is 36.0. The van der Waals surface area contributed by atoms with Crippen LogP contribution in [0.5, 0.6) is 0 Å². The average molecular weight is 1330 g/mol. The zero-order valence-corrected chi connectivity index (χ0v) is 58.9. The maximum absolute atomic E-state index is 3.14. The van der Waals surface area contributed by atoms with Crippen molar-refractivity contribution in [2.45, 2.75) is 38.5 Å². The van der Waals surface area contributed by atoms with Crippen LogP contribution in [0.25, 0.3) is 98.8 Å². The van der Waals surface area contributed by atoms with Gasteiger partial charge >= 0.3 is 0 Å². The van der Waals surface area contributed by atoms with Gasteiger partial charge in [0, 0.05) is 77.9 Å². The SMILES string of the molecule is CC1(C)c2cc(N(c3ccc4ccccc4c3)c3ccc4c(c3)c3ccccc3n4-c3ccccc3)ccc2-c2ccc([Si](c3ccccc3)(c3ccccc3)c3ccc4c(c3)C(C)(C)c3cc(N(c5ccc6ccccc6c5)c5ccc6c(c5)c5ccccc5n6-c5ccccc5)ccc3-4)cc21. The van der Waals surface area contributed by atoms with E-state index in [-0.39, 0.29) is 10.8 Å². The number of benzene rings is 16. The number of fused-ring (bicyclic) bond motifs is 14. The minimum atomic E-state index is -3.14. The molecule has 0 saturated heterocycles. The molecular formula is C98H72N4Si. The smallest absolute Gasteiger partial charge is 0.179 e. The Morgan fingerprint density at radius 1 is 0.223 bits per heavy atom. The summed E-state index contributed by atoms with van der Waals surface area (Å²) < 4.78 is 4.81. The molecule has 0 amide bonds. The molecule has 2 aliphatic rings. The summed E-state index contributed by atoms with van der Waals surface area (Å²) in [6.07, 6.45) is 0. The van der Waals surface area contributed by atoms with Crippen LogP contribution in [0, 0.1) is 0 Å². The van der Waals surface area contributed by atoms with Gasteiger partial charge in [0.2, 0.25) is 0 Å². The maximum atomic E-state index is 2.64. The van der Waals surface area contributed by atoms with Gasteiger partial charge in [0.1, 0.15) is 0 Å². The van der Waals surface area contributed by atoms with Crippen LogP contribution in [0.15, 0.2) is 364 Å². The van der Waals surface area contributed by atoms with E-state index in [0.29, 0.717) is 0 Å². The van der Waals surface area contributed by atoms with Crippen molar-refractivity contribution in [1.82, 2.24) is 9.13 Å². The van der Waals surface area contributed by atoms with Gasteiger partial charge in [0.15, 0.2) is 8.07 Å². The fraction of sp³-hybridized carbons (Fsp3) is 0.0612. The quantitative estimate of drug-likeness (QED) is 0.0895. The van der Waals surface area contributed by atoms with Crippen LogP contribution < -0.4 is 30.5 Å². The van der Waals surface area contributed by atoms with Crippen LogP contribution >= 0.6 is 0 Å². The number of nitrogens with zero attached hydrogens (tertiary/aromatic N) is 4. The summed E-state index contributed by atoms with van der Waals surface area (Å²) in [7, 11) is -3.14. The van der Waals surface area contributed by atoms with Crippen molar-refractivity contribution < 1.29 is 0 Å². The third-order valence-corrected chi connectivity index (χ3v) is 27.7. The summed E-state index contributed by atoms with van der Waals surface area (Å²) in [6, 6.07) is 137.